The summed E-state index contributed by atoms with van der Waals surface area (Å²) < 4.78 is 0. The van der Waals surface area contributed by atoms with Crippen molar-refractivity contribution in [3.8, 4) is 5.75 Å². The van der Waals surface area contributed by atoms with Crippen LogP contribution in [0.4, 0.5) is 17.1 Å². The van der Waals surface area contributed by atoms with Crippen LogP contribution in [0.5, 0.6) is 5.75 Å². The zero-order valence-corrected chi connectivity index (χ0v) is 26.2. The molecule has 4 aliphatic rings. The van der Waals surface area contributed by atoms with Gasteiger partial charge in [0.2, 0.25) is 11.8 Å². The molecule has 6 unspecified atom stereocenters. The van der Waals surface area contributed by atoms with Crippen LogP contribution in [0.3, 0.4) is 0 Å². The second-order valence-corrected chi connectivity index (χ2v) is 13.4. The molecule has 224 valence electrons. The zero-order valence-electron chi connectivity index (χ0n) is 23.1. The molecule has 44 heavy (non-hydrogen) atoms. The number of phenolic OH excluding ortho intramolecular Hbond substituents is 1. The molecule has 2 aliphatic carbocycles. The lowest BCUT2D eigenvalue weighted by Gasteiger charge is -2.50. The highest BCUT2D eigenvalue weighted by atomic mass is 79.9. The Morgan fingerprint density at radius 3 is 2.16 bits per heavy atom. The molecule has 11 heteroatoms. The normalized spacial score (nSPS) is 31.0. The monoisotopic (exact) mass is 693 g/mol. The third-order valence-corrected chi connectivity index (χ3v) is 11.3. The fourth-order valence-corrected chi connectivity index (χ4v) is 8.86. The molecule has 2 aliphatic heterocycles. The molecule has 3 fully saturated rings. The summed E-state index contributed by atoms with van der Waals surface area (Å²) in [5, 5.41) is 13.3. The highest BCUT2D eigenvalue weighted by Gasteiger charge is 2.76. The minimum Gasteiger partial charge on any atom is -0.508 e. The number of phenols is 1. The summed E-state index contributed by atoms with van der Waals surface area (Å²) in [7, 11) is 0. The summed E-state index contributed by atoms with van der Waals surface area (Å²) in [5.41, 5.74) is 3.34. The topological polar surface area (TPSA) is 107 Å². The van der Waals surface area contributed by atoms with Gasteiger partial charge in [0.05, 0.1) is 23.0 Å². The molecule has 1 saturated carbocycles. The molecule has 0 spiro atoms. The van der Waals surface area contributed by atoms with Crippen molar-refractivity contribution in [2.75, 3.05) is 15.7 Å². The maximum Gasteiger partial charge on any atom is 0.254 e. The van der Waals surface area contributed by atoms with Gasteiger partial charge in [-0.15, -0.1) is 23.2 Å². The summed E-state index contributed by atoms with van der Waals surface area (Å²) in [4.78, 5) is 54.0. The molecule has 0 aromatic heterocycles. The number of amides is 4. The Morgan fingerprint density at radius 2 is 1.50 bits per heavy atom. The number of nitrogens with zero attached hydrogens (tertiary/aromatic N) is 2. The summed E-state index contributed by atoms with van der Waals surface area (Å²) >= 11 is 17.7. The number of nitrogens with one attached hydrogen (secondary N) is 1. The van der Waals surface area contributed by atoms with E-state index in [1.54, 1.807) is 24.3 Å². The molecule has 2 N–H and O–H groups in total. The van der Waals surface area contributed by atoms with Gasteiger partial charge in [-0.1, -0.05) is 57.9 Å². The first kappa shape index (κ1) is 29.1. The number of hydrogen-bond acceptors (Lipinski definition) is 6. The van der Waals surface area contributed by atoms with Gasteiger partial charge in [-0.2, -0.15) is 0 Å². The van der Waals surface area contributed by atoms with Crippen molar-refractivity contribution in [1.82, 2.24) is 4.90 Å². The molecular formula is C33H26BrCl2N3O5. The molecule has 4 amide bonds. The number of alkyl halides is 3. The molecule has 2 heterocycles. The van der Waals surface area contributed by atoms with E-state index in [-0.39, 0.29) is 35.9 Å². The van der Waals surface area contributed by atoms with Crippen LogP contribution in [0, 0.1) is 17.8 Å². The lowest BCUT2D eigenvalue weighted by atomic mass is 9.56. The molecular weight excluding hydrogens is 669 g/mol. The number of anilines is 3. The van der Waals surface area contributed by atoms with Crippen molar-refractivity contribution in [3.05, 3.63) is 96.1 Å². The quantitative estimate of drug-likeness (QED) is 0.146. The number of aromatic hydroxyl groups is 1. The number of halogens is 3. The lowest BCUT2D eigenvalue weighted by Crippen LogP contribution is -2.60. The Balaban J connectivity index is 1.27. The van der Waals surface area contributed by atoms with Crippen LogP contribution in [0.2, 0.25) is 0 Å². The number of hydrogen-bond donors (Lipinski definition) is 2. The van der Waals surface area contributed by atoms with Crippen LogP contribution in [0.1, 0.15) is 24.3 Å². The molecule has 8 nitrogen and oxygen atoms in total. The van der Waals surface area contributed by atoms with E-state index in [0.717, 1.165) is 16.3 Å². The Labute approximate surface area is 271 Å². The van der Waals surface area contributed by atoms with E-state index in [0.29, 0.717) is 16.8 Å². The van der Waals surface area contributed by atoms with E-state index in [1.165, 1.54) is 17.0 Å². The number of allylic oxidation sites excluding steroid dienone is 2. The van der Waals surface area contributed by atoms with E-state index < -0.39 is 45.2 Å². The van der Waals surface area contributed by atoms with E-state index in [9.17, 15) is 24.3 Å². The fourth-order valence-electron chi connectivity index (χ4n) is 7.43. The molecule has 3 aromatic rings. The third-order valence-electron chi connectivity index (χ3n) is 9.43. The molecule has 0 bridgehead atoms. The molecule has 3 aromatic carbocycles. The number of rotatable bonds is 5. The Hall–Kier alpha value is -3.66. The van der Waals surface area contributed by atoms with Gasteiger partial charge in [-0.05, 0) is 72.9 Å². The third kappa shape index (κ3) is 4.02. The maximum absolute atomic E-state index is 14.2. The summed E-state index contributed by atoms with van der Waals surface area (Å²) in [6.45, 7) is 0. The van der Waals surface area contributed by atoms with Crippen LogP contribution in [0.15, 0.2) is 90.5 Å². The van der Waals surface area contributed by atoms with E-state index in [4.69, 9.17) is 23.2 Å². The number of para-hydroxylation sites is 1. The standard InChI is InChI=1S/C33H26BrCl2N3O5/c34-17-38-30(43)32(35)16-25-23(27(33(32,36)31(38)44)18-6-12-22(40)13-7-18)14-15-24-26(25)29(42)39(28(24)41)21-10-8-20(9-11-21)37-19-4-2-1-3-5-19/h1-14,24-27,37,40H,15-17H2. The molecule has 6 atom stereocenters. The lowest BCUT2D eigenvalue weighted by molar-refractivity contribution is -0.138. The van der Waals surface area contributed by atoms with Crippen LogP contribution in [-0.4, -0.2) is 48.8 Å². The smallest absolute Gasteiger partial charge is 0.254 e. The van der Waals surface area contributed by atoms with Gasteiger partial charge in [0, 0.05) is 17.3 Å². The fraction of sp³-hybridized carbons (Fsp3) is 0.273. The molecule has 7 rings (SSSR count). The summed E-state index contributed by atoms with van der Waals surface area (Å²) in [6.07, 6.45) is 2.08. The van der Waals surface area contributed by atoms with Crippen LogP contribution >= 0.6 is 39.1 Å². The molecule has 2 saturated heterocycles. The first-order valence-corrected chi connectivity index (χ1v) is 16.1. The Bertz CT molecular complexity index is 1730. The summed E-state index contributed by atoms with van der Waals surface area (Å²) in [5.74, 6) is -4.88. The molecule has 0 radical (unpaired) electrons. The van der Waals surface area contributed by atoms with Gasteiger partial charge >= 0.3 is 0 Å². The van der Waals surface area contributed by atoms with Gasteiger partial charge in [0.25, 0.3) is 11.8 Å². The number of fused-ring (bicyclic) bond motifs is 4. The Kier molecular flexibility index (Phi) is 6.91. The van der Waals surface area contributed by atoms with Crippen LogP contribution in [0.25, 0.3) is 0 Å². The second-order valence-electron chi connectivity index (χ2n) is 11.6. The van der Waals surface area contributed by atoms with Gasteiger partial charge in [0.15, 0.2) is 9.75 Å². The second kappa shape index (κ2) is 10.5. The Morgan fingerprint density at radius 1 is 0.841 bits per heavy atom. The average molecular weight is 695 g/mol. The highest BCUT2D eigenvalue weighted by Crippen LogP contribution is 2.65. The first-order chi connectivity index (χ1) is 21.1. The van der Waals surface area contributed by atoms with E-state index in [2.05, 4.69) is 21.2 Å². The maximum atomic E-state index is 14.2. The number of carbonyl (C=O) groups excluding carboxylic acids is 4. The van der Waals surface area contributed by atoms with E-state index >= 15 is 0 Å². The van der Waals surface area contributed by atoms with Crippen molar-refractivity contribution in [2.45, 2.75) is 28.5 Å². The van der Waals surface area contributed by atoms with Gasteiger partial charge in [0.1, 0.15) is 5.75 Å². The minimum absolute atomic E-state index is 0.0210. The summed E-state index contributed by atoms with van der Waals surface area (Å²) in [6, 6.07) is 23.0. The number of benzene rings is 3. The van der Waals surface area contributed by atoms with Crippen LogP contribution < -0.4 is 10.2 Å². The zero-order chi connectivity index (χ0) is 31.0. The van der Waals surface area contributed by atoms with Crippen molar-refractivity contribution < 1.29 is 24.3 Å². The number of carbonyl (C=O) groups is 4. The van der Waals surface area contributed by atoms with Crippen molar-refractivity contribution in [2.24, 2.45) is 17.8 Å². The predicted molar refractivity (Wildman–Crippen MR) is 170 cm³/mol. The average Bonchev–Trinajstić information content (AvgIpc) is 3.36. The van der Waals surface area contributed by atoms with Gasteiger partial charge in [-0.25, -0.2) is 0 Å². The SMILES string of the molecule is O=C1C2CC=C3C(CC4(Cl)C(=O)N(CBr)C(=O)C4(Cl)C3c3ccc(O)cc3)C2C(=O)N1c1ccc(Nc2ccccc2)cc1. The van der Waals surface area contributed by atoms with Gasteiger partial charge < -0.3 is 10.4 Å². The highest BCUT2D eigenvalue weighted by molar-refractivity contribution is 9.09. The van der Waals surface area contributed by atoms with Crippen LogP contribution in [-0.2, 0) is 19.2 Å². The minimum atomic E-state index is -1.88. The van der Waals surface area contributed by atoms with Crippen molar-refractivity contribution in [3.63, 3.8) is 0 Å². The van der Waals surface area contributed by atoms with Crippen molar-refractivity contribution in [1.29, 1.82) is 0 Å². The van der Waals surface area contributed by atoms with E-state index in [1.807, 2.05) is 48.5 Å². The largest absolute Gasteiger partial charge is 0.508 e. The van der Waals surface area contributed by atoms with Gasteiger partial charge in [-0.3, -0.25) is 29.0 Å². The number of likely N-dealkylation sites (tertiary alicyclic amines) is 1. The predicted octanol–water partition coefficient (Wildman–Crippen LogP) is 6.05. The van der Waals surface area contributed by atoms with Crippen molar-refractivity contribution >= 4 is 79.8 Å². The number of imide groups is 2. The first-order valence-electron chi connectivity index (χ1n) is 14.2.